The lowest BCUT2D eigenvalue weighted by Gasteiger charge is -2.21. The minimum Gasteiger partial charge on any atom is -0.334 e. The number of nitrogens with one attached hydrogen (secondary N) is 1. The first kappa shape index (κ1) is 13.2. The largest absolute Gasteiger partial charge is 0.334 e. The van der Waals surface area contributed by atoms with Crippen molar-refractivity contribution < 1.29 is 0 Å². The molecule has 0 spiro atoms. The second-order valence-corrected chi connectivity index (χ2v) is 4.59. The van der Waals surface area contributed by atoms with Crippen LogP contribution in [0.3, 0.4) is 0 Å². The van der Waals surface area contributed by atoms with Crippen LogP contribution in [0, 0.1) is 0 Å². The fourth-order valence-electron chi connectivity index (χ4n) is 2.00. The van der Waals surface area contributed by atoms with Gasteiger partial charge < -0.3 is 9.88 Å². The molecule has 1 heterocycles. The molecule has 0 fully saturated rings. The highest BCUT2D eigenvalue weighted by atomic mass is 15.1. The quantitative estimate of drug-likeness (QED) is 0.769. The van der Waals surface area contributed by atoms with Crippen LogP contribution < -0.4 is 5.32 Å². The second kappa shape index (κ2) is 6.69. The lowest BCUT2D eigenvalue weighted by atomic mass is 10.1. The van der Waals surface area contributed by atoms with Crippen LogP contribution in [0.25, 0.3) is 0 Å². The van der Waals surface area contributed by atoms with Gasteiger partial charge in [-0.3, -0.25) is 0 Å². The van der Waals surface area contributed by atoms with Crippen molar-refractivity contribution in [2.45, 2.75) is 65.6 Å². The second-order valence-electron chi connectivity index (χ2n) is 4.59. The Hall–Kier alpha value is -0.830. The van der Waals surface area contributed by atoms with E-state index in [-0.39, 0.29) is 0 Å². The van der Waals surface area contributed by atoms with Gasteiger partial charge in [0.2, 0.25) is 0 Å². The normalized spacial score (nSPS) is 13.3. The number of imidazole rings is 1. The Bertz CT molecular complexity index is 291. The van der Waals surface area contributed by atoms with Crippen molar-refractivity contribution in [2.75, 3.05) is 0 Å². The number of aromatic nitrogens is 2. The maximum absolute atomic E-state index is 4.49. The van der Waals surface area contributed by atoms with Gasteiger partial charge in [0.1, 0.15) is 5.82 Å². The molecule has 1 rings (SSSR count). The molecular weight excluding hydrogens is 198 g/mol. The number of unbranched alkanes of at least 4 members (excludes halogenated alkanes) is 1. The first-order valence-corrected chi connectivity index (χ1v) is 6.46. The molecule has 3 heteroatoms. The third-order valence-electron chi connectivity index (χ3n) is 2.78. The summed E-state index contributed by atoms with van der Waals surface area (Å²) in [5.74, 6) is 1.18. The third kappa shape index (κ3) is 3.63. The van der Waals surface area contributed by atoms with E-state index < -0.39 is 0 Å². The zero-order chi connectivity index (χ0) is 12.0. The van der Waals surface area contributed by atoms with E-state index in [4.69, 9.17) is 0 Å². The summed E-state index contributed by atoms with van der Waals surface area (Å²) < 4.78 is 2.23. The van der Waals surface area contributed by atoms with Gasteiger partial charge >= 0.3 is 0 Å². The highest BCUT2D eigenvalue weighted by Crippen LogP contribution is 2.18. The molecule has 0 aliphatic carbocycles. The van der Waals surface area contributed by atoms with Gasteiger partial charge in [0.05, 0.1) is 6.04 Å². The van der Waals surface area contributed by atoms with Gasteiger partial charge in [-0.2, -0.15) is 0 Å². The Balaban J connectivity index is 2.74. The van der Waals surface area contributed by atoms with Gasteiger partial charge in [0.25, 0.3) is 0 Å². The van der Waals surface area contributed by atoms with Crippen LogP contribution in [0.5, 0.6) is 0 Å². The minimum atomic E-state index is 0.398. The summed E-state index contributed by atoms with van der Waals surface area (Å²) in [5.41, 5.74) is 0. The van der Waals surface area contributed by atoms with Crippen LogP contribution in [0.15, 0.2) is 12.4 Å². The molecule has 1 atom stereocenters. The summed E-state index contributed by atoms with van der Waals surface area (Å²) in [7, 11) is 0. The molecular formula is C13H25N3. The summed E-state index contributed by atoms with van der Waals surface area (Å²) in [6.45, 7) is 9.78. The third-order valence-corrected chi connectivity index (χ3v) is 2.78. The van der Waals surface area contributed by atoms with Crippen LogP contribution in [0.1, 0.15) is 58.8 Å². The molecule has 1 unspecified atom stereocenters. The van der Waals surface area contributed by atoms with Crippen LogP contribution in [0.2, 0.25) is 0 Å². The van der Waals surface area contributed by atoms with E-state index in [2.05, 4.69) is 48.8 Å². The van der Waals surface area contributed by atoms with Crippen molar-refractivity contribution in [1.82, 2.24) is 14.9 Å². The monoisotopic (exact) mass is 223 g/mol. The molecule has 0 saturated carbocycles. The average Bonchev–Trinajstić information content (AvgIpc) is 2.71. The lowest BCUT2D eigenvalue weighted by Crippen LogP contribution is -2.30. The smallest absolute Gasteiger partial charge is 0.125 e. The molecule has 0 amide bonds. The van der Waals surface area contributed by atoms with Gasteiger partial charge in [0, 0.05) is 25.0 Å². The molecule has 1 aromatic heterocycles. The van der Waals surface area contributed by atoms with Crippen molar-refractivity contribution in [2.24, 2.45) is 0 Å². The van der Waals surface area contributed by atoms with E-state index in [1.165, 1.54) is 25.1 Å². The summed E-state index contributed by atoms with van der Waals surface area (Å²) in [6.07, 6.45) is 7.63. The zero-order valence-corrected chi connectivity index (χ0v) is 11.0. The van der Waals surface area contributed by atoms with Crippen molar-refractivity contribution in [3.8, 4) is 0 Å². The average molecular weight is 223 g/mol. The molecule has 0 bridgehead atoms. The number of hydrogen-bond donors (Lipinski definition) is 1. The predicted octanol–water partition coefficient (Wildman–Crippen LogP) is 3.13. The molecule has 16 heavy (non-hydrogen) atoms. The minimum absolute atomic E-state index is 0.398. The van der Waals surface area contributed by atoms with Gasteiger partial charge in [-0.25, -0.2) is 4.98 Å². The maximum Gasteiger partial charge on any atom is 0.125 e. The molecule has 0 aromatic carbocycles. The van der Waals surface area contributed by atoms with Crippen LogP contribution in [0.4, 0.5) is 0 Å². The summed E-state index contributed by atoms with van der Waals surface area (Å²) in [4.78, 5) is 4.49. The Kier molecular flexibility index (Phi) is 5.53. The summed E-state index contributed by atoms with van der Waals surface area (Å²) in [5, 5.41) is 3.61. The molecule has 92 valence electrons. The first-order chi connectivity index (χ1) is 7.69. The van der Waals surface area contributed by atoms with Gasteiger partial charge in [-0.1, -0.05) is 33.6 Å². The summed E-state index contributed by atoms with van der Waals surface area (Å²) in [6, 6.07) is 0.902. The van der Waals surface area contributed by atoms with E-state index in [0.717, 1.165) is 6.54 Å². The molecule has 0 radical (unpaired) electrons. The van der Waals surface area contributed by atoms with Gasteiger partial charge in [-0.05, 0) is 13.3 Å². The maximum atomic E-state index is 4.49. The van der Waals surface area contributed by atoms with Crippen LogP contribution >= 0.6 is 0 Å². The fourth-order valence-corrected chi connectivity index (χ4v) is 2.00. The Labute approximate surface area is 99.3 Å². The van der Waals surface area contributed by atoms with E-state index in [1.54, 1.807) is 0 Å². The van der Waals surface area contributed by atoms with Crippen LogP contribution in [-0.4, -0.2) is 15.6 Å². The van der Waals surface area contributed by atoms with Crippen LogP contribution in [-0.2, 0) is 6.54 Å². The number of nitrogens with zero attached hydrogens (tertiary/aromatic N) is 2. The van der Waals surface area contributed by atoms with Crippen molar-refractivity contribution in [3.05, 3.63) is 18.2 Å². The SMILES string of the molecule is CCCCC(NC(C)C)c1nccn1CC. The van der Waals surface area contributed by atoms with Crippen molar-refractivity contribution in [3.63, 3.8) is 0 Å². The summed E-state index contributed by atoms with van der Waals surface area (Å²) >= 11 is 0. The zero-order valence-electron chi connectivity index (χ0n) is 11.0. The highest BCUT2D eigenvalue weighted by molar-refractivity contribution is 4.99. The Morgan fingerprint density at radius 2 is 2.12 bits per heavy atom. The number of hydrogen-bond acceptors (Lipinski definition) is 2. The molecule has 0 saturated heterocycles. The van der Waals surface area contributed by atoms with E-state index in [1.807, 2.05) is 6.20 Å². The predicted molar refractivity (Wildman–Crippen MR) is 68.4 cm³/mol. The fraction of sp³-hybridized carbons (Fsp3) is 0.769. The Morgan fingerprint density at radius 3 is 2.69 bits per heavy atom. The standard InChI is InChI=1S/C13H25N3/c1-5-7-8-12(15-11(3)4)13-14-9-10-16(13)6-2/h9-12,15H,5-8H2,1-4H3. The molecule has 3 nitrogen and oxygen atoms in total. The van der Waals surface area contributed by atoms with Crippen molar-refractivity contribution >= 4 is 0 Å². The lowest BCUT2D eigenvalue weighted by molar-refractivity contribution is 0.410. The molecule has 0 aliphatic heterocycles. The number of rotatable bonds is 7. The Morgan fingerprint density at radius 1 is 1.38 bits per heavy atom. The number of aryl methyl sites for hydroxylation is 1. The first-order valence-electron chi connectivity index (χ1n) is 6.46. The molecule has 1 N–H and O–H groups in total. The van der Waals surface area contributed by atoms with Crippen molar-refractivity contribution in [1.29, 1.82) is 0 Å². The highest BCUT2D eigenvalue weighted by Gasteiger charge is 2.16. The van der Waals surface area contributed by atoms with E-state index in [0.29, 0.717) is 12.1 Å². The molecule has 0 aliphatic rings. The van der Waals surface area contributed by atoms with E-state index in [9.17, 15) is 0 Å². The van der Waals surface area contributed by atoms with Gasteiger partial charge in [-0.15, -0.1) is 0 Å². The topological polar surface area (TPSA) is 29.9 Å². The van der Waals surface area contributed by atoms with Gasteiger partial charge in [0.15, 0.2) is 0 Å². The molecule has 1 aromatic rings. The van der Waals surface area contributed by atoms with E-state index >= 15 is 0 Å².